The van der Waals surface area contributed by atoms with E-state index in [9.17, 15) is 8.42 Å². The summed E-state index contributed by atoms with van der Waals surface area (Å²) >= 11 is 12.3. The average Bonchev–Trinajstić information content (AvgIpc) is 3.23. The molecule has 0 unspecified atom stereocenters. The van der Waals surface area contributed by atoms with Crippen LogP contribution in [0, 0.1) is 0 Å². The predicted molar refractivity (Wildman–Crippen MR) is 113 cm³/mol. The average molecular weight is 452 g/mol. The Balaban J connectivity index is 1.57. The third kappa shape index (κ3) is 3.98. The molecule has 1 fully saturated rings. The molecule has 10 heteroatoms. The Hall–Kier alpha value is -2.13. The van der Waals surface area contributed by atoms with E-state index in [0.717, 1.165) is 5.69 Å². The van der Waals surface area contributed by atoms with Crippen LogP contribution in [-0.2, 0) is 10.0 Å². The van der Waals surface area contributed by atoms with Gasteiger partial charge in [-0.15, -0.1) is 10.2 Å². The number of benzene rings is 2. The van der Waals surface area contributed by atoms with Gasteiger partial charge in [0.25, 0.3) is 0 Å². The molecule has 1 saturated heterocycles. The lowest BCUT2D eigenvalue weighted by Crippen LogP contribution is -2.54. The van der Waals surface area contributed by atoms with Gasteiger partial charge in [0.2, 0.25) is 10.0 Å². The van der Waals surface area contributed by atoms with E-state index in [1.54, 1.807) is 39.2 Å². The second-order valence-corrected chi connectivity index (χ2v) is 9.61. The van der Waals surface area contributed by atoms with Crippen molar-refractivity contribution < 1.29 is 8.42 Å². The molecule has 0 radical (unpaired) electrons. The standard InChI is InChI=1S/C19H19Cl2N5O2S/c1-14-11-24(19-6-5-15(20)9-18(19)21)7-8-26(14)29(27,28)17-4-2-3-16(10-17)25-12-22-23-13-25/h2-6,9-10,12-14H,7-8,11H2,1H3/t14-/m1/s1. The zero-order chi connectivity index (χ0) is 20.6. The van der Waals surface area contributed by atoms with Crippen molar-refractivity contribution in [1.82, 2.24) is 19.1 Å². The molecule has 1 aliphatic rings. The smallest absolute Gasteiger partial charge is 0.243 e. The van der Waals surface area contributed by atoms with Crippen molar-refractivity contribution in [1.29, 1.82) is 0 Å². The summed E-state index contributed by atoms with van der Waals surface area (Å²) in [5.41, 5.74) is 1.55. The molecule has 0 bridgehead atoms. The Morgan fingerprint density at radius 1 is 1.03 bits per heavy atom. The maximum Gasteiger partial charge on any atom is 0.243 e. The second kappa shape index (κ2) is 7.95. The minimum Gasteiger partial charge on any atom is -0.367 e. The molecule has 2 heterocycles. The molecule has 2 aromatic carbocycles. The van der Waals surface area contributed by atoms with Crippen molar-refractivity contribution in [3.8, 4) is 5.69 Å². The zero-order valence-corrected chi connectivity index (χ0v) is 17.9. The van der Waals surface area contributed by atoms with Gasteiger partial charge >= 0.3 is 0 Å². The highest BCUT2D eigenvalue weighted by Crippen LogP contribution is 2.31. The summed E-state index contributed by atoms with van der Waals surface area (Å²) in [4.78, 5) is 2.33. The molecule has 0 aliphatic carbocycles. The molecule has 29 heavy (non-hydrogen) atoms. The van der Waals surface area contributed by atoms with E-state index >= 15 is 0 Å². The summed E-state index contributed by atoms with van der Waals surface area (Å²) < 4.78 is 29.8. The van der Waals surface area contributed by atoms with Crippen LogP contribution < -0.4 is 4.90 Å². The third-order valence-corrected chi connectivity index (χ3v) is 7.51. The van der Waals surface area contributed by atoms with Crippen LogP contribution in [0.1, 0.15) is 6.92 Å². The van der Waals surface area contributed by atoms with Crippen LogP contribution in [-0.4, -0.2) is 53.2 Å². The molecular weight excluding hydrogens is 433 g/mol. The van der Waals surface area contributed by atoms with E-state index in [2.05, 4.69) is 15.1 Å². The Morgan fingerprint density at radius 2 is 1.79 bits per heavy atom. The molecule has 0 amide bonds. The summed E-state index contributed by atoms with van der Waals surface area (Å²) in [6, 6.07) is 11.9. The highest BCUT2D eigenvalue weighted by atomic mass is 35.5. The van der Waals surface area contributed by atoms with Crippen molar-refractivity contribution in [3.63, 3.8) is 0 Å². The number of rotatable bonds is 4. The van der Waals surface area contributed by atoms with Gasteiger partial charge in [-0.3, -0.25) is 4.57 Å². The number of sulfonamides is 1. The van der Waals surface area contributed by atoms with E-state index in [1.807, 2.05) is 19.1 Å². The Morgan fingerprint density at radius 3 is 2.48 bits per heavy atom. The molecule has 0 N–H and O–H groups in total. The van der Waals surface area contributed by atoms with Gasteiger partial charge in [-0.2, -0.15) is 4.31 Å². The first-order valence-electron chi connectivity index (χ1n) is 9.03. The molecule has 1 aliphatic heterocycles. The number of piperazine rings is 1. The predicted octanol–water partition coefficient (Wildman–Crippen LogP) is 3.47. The van der Waals surface area contributed by atoms with E-state index < -0.39 is 10.0 Å². The molecular formula is C19H19Cl2N5O2S. The Bertz CT molecular complexity index is 1120. The van der Waals surface area contributed by atoms with Crippen LogP contribution in [0.15, 0.2) is 60.0 Å². The quantitative estimate of drug-likeness (QED) is 0.606. The fourth-order valence-corrected chi connectivity index (χ4v) is 5.71. The fraction of sp³-hybridized carbons (Fsp3) is 0.263. The van der Waals surface area contributed by atoms with Crippen LogP contribution in [0.4, 0.5) is 5.69 Å². The molecule has 1 aromatic heterocycles. The van der Waals surface area contributed by atoms with Gasteiger partial charge in [0, 0.05) is 36.4 Å². The number of halogens is 2. The van der Waals surface area contributed by atoms with Crippen molar-refractivity contribution >= 4 is 38.9 Å². The second-order valence-electron chi connectivity index (χ2n) is 6.87. The number of anilines is 1. The summed E-state index contributed by atoms with van der Waals surface area (Å²) in [6.45, 7) is 3.33. The maximum atomic E-state index is 13.3. The Labute approximate surface area is 179 Å². The molecule has 0 spiro atoms. The van der Waals surface area contributed by atoms with Crippen molar-refractivity contribution in [2.24, 2.45) is 0 Å². The van der Waals surface area contributed by atoms with Crippen molar-refractivity contribution in [2.75, 3.05) is 24.5 Å². The SMILES string of the molecule is C[C@@H]1CN(c2ccc(Cl)cc2Cl)CCN1S(=O)(=O)c1cccc(-n2cnnc2)c1. The van der Waals surface area contributed by atoms with Crippen molar-refractivity contribution in [3.05, 3.63) is 65.2 Å². The van der Waals surface area contributed by atoms with Gasteiger partial charge in [-0.05, 0) is 43.3 Å². The number of nitrogens with zero attached hydrogens (tertiary/aromatic N) is 5. The van der Waals surface area contributed by atoms with Gasteiger partial charge in [0.05, 0.1) is 15.6 Å². The topological polar surface area (TPSA) is 71.3 Å². The lowest BCUT2D eigenvalue weighted by molar-refractivity contribution is 0.307. The van der Waals surface area contributed by atoms with Crippen LogP contribution >= 0.6 is 23.2 Å². The van der Waals surface area contributed by atoms with E-state index in [0.29, 0.717) is 35.4 Å². The highest BCUT2D eigenvalue weighted by Gasteiger charge is 2.34. The first kappa shape index (κ1) is 20.2. The van der Waals surface area contributed by atoms with Crippen LogP contribution in [0.2, 0.25) is 10.0 Å². The monoisotopic (exact) mass is 451 g/mol. The molecule has 0 saturated carbocycles. The minimum atomic E-state index is -3.65. The van der Waals surface area contributed by atoms with Crippen LogP contribution in [0.25, 0.3) is 5.69 Å². The highest BCUT2D eigenvalue weighted by molar-refractivity contribution is 7.89. The lowest BCUT2D eigenvalue weighted by atomic mass is 10.2. The first-order valence-corrected chi connectivity index (χ1v) is 11.2. The molecule has 7 nitrogen and oxygen atoms in total. The molecule has 152 valence electrons. The largest absolute Gasteiger partial charge is 0.367 e. The minimum absolute atomic E-state index is 0.223. The third-order valence-electron chi connectivity index (χ3n) is 4.96. The van der Waals surface area contributed by atoms with Gasteiger partial charge < -0.3 is 4.90 Å². The molecule has 1 atom stereocenters. The number of hydrogen-bond acceptors (Lipinski definition) is 5. The summed E-state index contributed by atoms with van der Waals surface area (Å²) in [6.07, 6.45) is 3.06. The fourth-order valence-electron chi connectivity index (χ4n) is 3.53. The van der Waals surface area contributed by atoms with Crippen LogP contribution in [0.3, 0.4) is 0 Å². The van der Waals surface area contributed by atoms with E-state index in [-0.39, 0.29) is 10.9 Å². The zero-order valence-electron chi connectivity index (χ0n) is 15.6. The maximum absolute atomic E-state index is 13.3. The van der Waals surface area contributed by atoms with E-state index in [1.165, 1.54) is 12.7 Å². The van der Waals surface area contributed by atoms with E-state index in [4.69, 9.17) is 23.2 Å². The number of aromatic nitrogens is 3. The summed E-state index contributed by atoms with van der Waals surface area (Å²) in [5.74, 6) is 0. The molecule has 3 aromatic rings. The Kier molecular flexibility index (Phi) is 5.52. The van der Waals surface area contributed by atoms with Crippen molar-refractivity contribution in [2.45, 2.75) is 17.9 Å². The first-order chi connectivity index (χ1) is 13.9. The molecule has 4 rings (SSSR count). The van der Waals surface area contributed by atoms with Gasteiger partial charge in [-0.1, -0.05) is 29.3 Å². The van der Waals surface area contributed by atoms with Gasteiger partial charge in [-0.25, -0.2) is 8.42 Å². The number of hydrogen-bond donors (Lipinski definition) is 0. The summed E-state index contributed by atoms with van der Waals surface area (Å²) in [7, 11) is -3.65. The van der Waals surface area contributed by atoms with Gasteiger partial charge in [0.1, 0.15) is 12.7 Å². The lowest BCUT2D eigenvalue weighted by Gasteiger charge is -2.40. The summed E-state index contributed by atoms with van der Waals surface area (Å²) in [5, 5.41) is 8.67. The van der Waals surface area contributed by atoms with Gasteiger partial charge in [0.15, 0.2) is 0 Å². The van der Waals surface area contributed by atoms with Crippen LogP contribution in [0.5, 0.6) is 0 Å². The normalized spacial score (nSPS) is 18.2.